The van der Waals surface area contributed by atoms with Crippen LogP contribution in [0.4, 0.5) is 5.69 Å². The van der Waals surface area contributed by atoms with E-state index in [0.29, 0.717) is 23.5 Å². The first kappa shape index (κ1) is 25.7. The first-order chi connectivity index (χ1) is 17.9. The Balaban J connectivity index is 1.00. The molecule has 1 saturated carbocycles. The molecule has 5 aliphatic rings. The van der Waals surface area contributed by atoms with E-state index in [9.17, 15) is 0 Å². The number of nitrogens with zero attached hydrogens (tertiary/aromatic N) is 1. The van der Waals surface area contributed by atoms with Gasteiger partial charge in [-0.25, -0.2) is 9.78 Å². The molecule has 1 aromatic heterocycles. The van der Waals surface area contributed by atoms with Gasteiger partial charge in [0.15, 0.2) is 18.2 Å². The first-order valence-electron chi connectivity index (χ1n) is 13.7. The van der Waals surface area contributed by atoms with Crippen LogP contribution < -0.4 is 10.6 Å². The van der Waals surface area contributed by atoms with Crippen LogP contribution >= 0.6 is 11.6 Å². The van der Waals surface area contributed by atoms with Gasteiger partial charge in [0.25, 0.3) is 0 Å². The zero-order valence-corrected chi connectivity index (χ0v) is 22.6. The molecule has 4 aliphatic heterocycles. The van der Waals surface area contributed by atoms with Gasteiger partial charge in [0, 0.05) is 60.2 Å². The molecule has 5 fully saturated rings. The van der Waals surface area contributed by atoms with Crippen molar-refractivity contribution in [1.29, 1.82) is 0 Å². The highest BCUT2D eigenvalue weighted by Gasteiger charge is 2.69. The lowest BCUT2D eigenvalue weighted by Gasteiger charge is -2.60. The number of hydrogen-bond donors (Lipinski definition) is 2. The minimum Gasteiger partial charge on any atom is -0.383 e. The number of aromatic nitrogens is 1. The standard InChI is InChI=1S/C28H38ClN3O5/c1-17-4-7-22-18(2)25(34-26-28(22)21(17)8-10-27(3,35-26)36-37-28)33-15-14-30-12-13-32-23-9-11-31-24-16-19(29)5-6-20(23)24/h5-6,9,11,16-18,21-22,25-26,30H,4,7-8,10,12-15H2,1-3H3,(H,31,32)/t17-,18-,21+,22+,25-,26-,27-,28-/m1/s1. The van der Waals surface area contributed by atoms with E-state index in [0.717, 1.165) is 55.5 Å². The second kappa shape index (κ2) is 10.2. The van der Waals surface area contributed by atoms with E-state index in [-0.39, 0.29) is 18.1 Å². The zero-order valence-electron chi connectivity index (χ0n) is 21.9. The molecule has 8 nitrogen and oxygen atoms in total. The summed E-state index contributed by atoms with van der Waals surface area (Å²) in [5.41, 5.74) is 1.40. The summed E-state index contributed by atoms with van der Waals surface area (Å²) < 4.78 is 19.2. The Morgan fingerprint density at radius 2 is 1.97 bits per heavy atom. The molecule has 2 bridgehead atoms. The fraction of sp³-hybridized carbons (Fsp3) is 0.679. The van der Waals surface area contributed by atoms with Crippen LogP contribution in [-0.4, -0.2) is 55.2 Å². The maximum Gasteiger partial charge on any atom is 0.201 e. The summed E-state index contributed by atoms with van der Waals surface area (Å²) in [5.74, 6) is 0.635. The normalized spacial score (nSPS) is 38.8. The van der Waals surface area contributed by atoms with Crippen LogP contribution in [0, 0.1) is 23.7 Å². The Kier molecular flexibility index (Phi) is 7.11. The number of anilines is 1. The molecule has 5 heterocycles. The van der Waals surface area contributed by atoms with Crippen molar-refractivity contribution in [3.05, 3.63) is 35.5 Å². The van der Waals surface area contributed by atoms with Crippen molar-refractivity contribution in [2.75, 3.05) is 31.6 Å². The SMILES string of the molecule is C[C@H]1[C@H](OCCNCCNc2ccnc3cc(Cl)ccc23)O[C@@H]2O[C@@]3(C)CC[C@H]4[C@H](C)CC[C@@H]1[C@@]24OO3. The van der Waals surface area contributed by atoms with Crippen LogP contribution in [0.25, 0.3) is 10.9 Å². The van der Waals surface area contributed by atoms with Crippen LogP contribution in [0.3, 0.4) is 0 Å². The molecular formula is C28H38ClN3O5. The van der Waals surface area contributed by atoms with Gasteiger partial charge < -0.3 is 24.8 Å². The smallest absolute Gasteiger partial charge is 0.201 e. The van der Waals surface area contributed by atoms with Gasteiger partial charge in [-0.2, -0.15) is 0 Å². The van der Waals surface area contributed by atoms with Crippen LogP contribution in [-0.2, 0) is 24.0 Å². The molecule has 1 aliphatic carbocycles. The average Bonchev–Trinajstić information content (AvgIpc) is 3.12. The molecule has 202 valence electrons. The van der Waals surface area contributed by atoms with Gasteiger partial charge in [-0.3, -0.25) is 4.98 Å². The summed E-state index contributed by atoms with van der Waals surface area (Å²) in [6.45, 7) is 9.40. The molecule has 2 N–H and O–H groups in total. The fourth-order valence-corrected chi connectivity index (χ4v) is 7.16. The summed E-state index contributed by atoms with van der Waals surface area (Å²) in [7, 11) is 0. The molecule has 8 atom stereocenters. The summed E-state index contributed by atoms with van der Waals surface area (Å²) in [4.78, 5) is 16.5. The van der Waals surface area contributed by atoms with Gasteiger partial charge in [0.1, 0.15) is 0 Å². The van der Waals surface area contributed by atoms with Crippen LogP contribution in [0.2, 0.25) is 5.02 Å². The molecule has 1 spiro atoms. The minimum absolute atomic E-state index is 0.191. The predicted molar refractivity (Wildman–Crippen MR) is 141 cm³/mol. The van der Waals surface area contributed by atoms with Crippen molar-refractivity contribution in [2.24, 2.45) is 23.7 Å². The molecule has 7 rings (SSSR count). The van der Waals surface area contributed by atoms with Crippen molar-refractivity contribution < 1.29 is 24.0 Å². The van der Waals surface area contributed by atoms with Gasteiger partial charge in [0.05, 0.1) is 12.1 Å². The van der Waals surface area contributed by atoms with Gasteiger partial charge >= 0.3 is 0 Å². The highest BCUT2D eigenvalue weighted by atomic mass is 35.5. The first-order valence-corrected chi connectivity index (χ1v) is 14.1. The average molecular weight is 532 g/mol. The Bertz CT molecular complexity index is 1120. The fourth-order valence-electron chi connectivity index (χ4n) is 7.00. The highest BCUT2D eigenvalue weighted by molar-refractivity contribution is 6.31. The Labute approximate surface area is 223 Å². The molecule has 2 aromatic rings. The Morgan fingerprint density at radius 3 is 2.86 bits per heavy atom. The lowest BCUT2D eigenvalue weighted by molar-refractivity contribution is -0.577. The van der Waals surface area contributed by atoms with Crippen molar-refractivity contribution >= 4 is 28.2 Å². The third kappa shape index (κ3) is 4.65. The van der Waals surface area contributed by atoms with Gasteiger partial charge in [-0.1, -0.05) is 25.4 Å². The number of halogens is 1. The van der Waals surface area contributed by atoms with E-state index in [2.05, 4.69) is 29.5 Å². The van der Waals surface area contributed by atoms with E-state index in [1.165, 1.54) is 6.42 Å². The van der Waals surface area contributed by atoms with E-state index in [1.54, 1.807) is 6.20 Å². The van der Waals surface area contributed by atoms with Crippen molar-refractivity contribution in [3.8, 4) is 0 Å². The maximum absolute atomic E-state index is 6.49. The number of fused-ring (bicyclic) bond motifs is 3. The van der Waals surface area contributed by atoms with E-state index in [4.69, 9.17) is 35.6 Å². The lowest BCUT2D eigenvalue weighted by Crippen LogP contribution is -2.70. The second-order valence-corrected chi connectivity index (χ2v) is 11.8. The van der Waals surface area contributed by atoms with Crippen LogP contribution in [0.1, 0.15) is 46.5 Å². The van der Waals surface area contributed by atoms with Crippen molar-refractivity contribution in [2.45, 2.75) is 70.4 Å². The van der Waals surface area contributed by atoms with Gasteiger partial charge in [0.2, 0.25) is 5.79 Å². The lowest BCUT2D eigenvalue weighted by atomic mass is 9.58. The van der Waals surface area contributed by atoms with Gasteiger partial charge in [-0.05, 0) is 62.3 Å². The molecule has 0 radical (unpaired) electrons. The summed E-state index contributed by atoms with van der Waals surface area (Å²) in [6.07, 6.45) is 5.13. The van der Waals surface area contributed by atoms with Crippen LogP contribution in [0.5, 0.6) is 0 Å². The third-order valence-electron chi connectivity index (χ3n) is 8.98. The summed E-state index contributed by atoms with van der Waals surface area (Å²) in [6, 6.07) is 7.76. The van der Waals surface area contributed by atoms with Gasteiger partial charge in [-0.15, -0.1) is 0 Å². The maximum atomic E-state index is 6.49. The molecule has 1 aromatic carbocycles. The molecular weight excluding hydrogens is 494 g/mol. The quantitative estimate of drug-likeness (QED) is 0.359. The number of hydrogen-bond acceptors (Lipinski definition) is 8. The van der Waals surface area contributed by atoms with E-state index >= 15 is 0 Å². The molecule has 4 saturated heterocycles. The topological polar surface area (TPSA) is 83.1 Å². The molecule has 9 heteroatoms. The summed E-state index contributed by atoms with van der Waals surface area (Å²) >= 11 is 6.10. The molecule has 0 unspecified atom stereocenters. The largest absolute Gasteiger partial charge is 0.383 e. The number of ether oxygens (including phenoxy) is 3. The molecule has 0 amide bonds. The van der Waals surface area contributed by atoms with E-state index in [1.807, 2.05) is 31.2 Å². The van der Waals surface area contributed by atoms with Crippen LogP contribution in [0.15, 0.2) is 30.5 Å². The summed E-state index contributed by atoms with van der Waals surface area (Å²) in [5, 5.41) is 8.70. The van der Waals surface area contributed by atoms with E-state index < -0.39 is 17.7 Å². The third-order valence-corrected chi connectivity index (χ3v) is 9.22. The van der Waals surface area contributed by atoms with Crippen molar-refractivity contribution in [3.63, 3.8) is 0 Å². The monoisotopic (exact) mass is 531 g/mol. The zero-order chi connectivity index (χ0) is 25.6. The molecule has 37 heavy (non-hydrogen) atoms. The minimum atomic E-state index is -0.760. The van der Waals surface area contributed by atoms with Crippen molar-refractivity contribution in [1.82, 2.24) is 10.3 Å². The number of pyridine rings is 1. The number of nitrogens with one attached hydrogen (secondary N) is 2. The highest BCUT2D eigenvalue weighted by Crippen LogP contribution is 2.60. The predicted octanol–water partition coefficient (Wildman–Crippen LogP) is 5.11. The Hall–Kier alpha value is -1.52. The second-order valence-electron chi connectivity index (χ2n) is 11.3. The number of rotatable bonds is 8. The Morgan fingerprint density at radius 1 is 1.08 bits per heavy atom. The number of benzene rings is 1.